The number of nitrogens with zero attached hydrogens (tertiary/aromatic N) is 2. The van der Waals surface area contributed by atoms with Crippen molar-refractivity contribution >= 4 is 17.0 Å². The zero-order valence-electron chi connectivity index (χ0n) is 14.7. The van der Waals surface area contributed by atoms with Gasteiger partial charge in [0.05, 0.1) is 23.3 Å². The lowest BCUT2D eigenvalue weighted by Crippen LogP contribution is -2.44. The van der Waals surface area contributed by atoms with Gasteiger partial charge in [0.25, 0.3) is 11.6 Å². The molecule has 0 radical (unpaired) electrons. The number of fused-ring (bicyclic) bond motifs is 1. The van der Waals surface area contributed by atoms with E-state index in [1.165, 1.54) is 0 Å². The molecule has 0 spiro atoms. The molecule has 0 aromatic carbocycles. The van der Waals surface area contributed by atoms with Crippen LogP contribution in [0.15, 0.2) is 10.6 Å². The van der Waals surface area contributed by atoms with Crippen LogP contribution in [0.25, 0.3) is 11.1 Å². The van der Waals surface area contributed by atoms with E-state index >= 15 is 0 Å². The molecule has 0 saturated heterocycles. The zero-order valence-corrected chi connectivity index (χ0v) is 14.7. The SMILES string of the molecule is Cc1noc2nc(C(C)C)cc(C(=O)NC3CCCC3(C)CO)c12. The first-order valence-electron chi connectivity index (χ1n) is 8.54. The van der Waals surface area contributed by atoms with E-state index in [2.05, 4.69) is 15.5 Å². The van der Waals surface area contributed by atoms with Gasteiger partial charge in [-0.1, -0.05) is 32.3 Å². The highest BCUT2D eigenvalue weighted by molar-refractivity contribution is 6.06. The predicted molar refractivity (Wildman–Crippen MR) is 90.9 cm³/mol. The van der Waals surface area contributed by atoms with E-state index in [0.29, 0.717) is 22.4 Å². The summed E-state index contributed by atoms with van der Waals surface area (Å²) in [6, 6.07) is 1.80. The fourth-order valence-electron chi connectivity index (χ4n) is 3.49. The zero-order chi connectivity index (χ0) is 17.5. The van der Waals surface area contributed by atoms with Crippen LogP contribution >= 0.6 is 0 Å². The Morgan fingerprint density at radius 2 is 2.29 bits per heavy atom. The number of aryl methyl sites for hydroxylation is 1. The smallest absolute Gasteiger partial charge is 0.259 e. The third-order valence-corrected chi connectivity index (χ3v) is 5.22. The second-order valence-corrected chi connectivity index (χ2v) is 7.43. The van der Waals surface area contributed by atoms with E-state index in [1.807, 2.05) is 33.8 Å². The Bertz CT molecular complexity index is 768. The maximum absolute atomic E-state index is 13.0. The molecule has 2 aromatic heterocycles. The molecule has 1 saturated carbocycles. The number of carbonyl (C=O) groups excluding carboxylic acids is 1. The molecule has 2 N–H and O–H groups in total. The molecule has 2 atom stereocenters. The lowest BCUT2D eigenvalue weighted by atomic mass is 9.85. The van der Waals surface area contributed by atoms with Crippen LogP contribution in [0.3, 0.4) is 0 Å². The number of aliphatic hydroxyl groups is 1. The number of nitrogens with one attached hydrogen (secondary N) is 1. The van der Waals surface area contributed by atoms with E-state index in [0.717, 1.165) is 25.0 Å². The molecule has 2 heterocycles. The first kappa shape index (κ1) is 16.9. The Balaban J connectivity index is 1.98. The summed E-state index contributed by atoms with van der Waals surface area (Å²) in [6.45, 7) is 7.97. The minimum absolute atomic E-state index is 0.0270. The van der Waals surface area contributed by atoms with Gasteiger partial charge < -0.3 is 14.9 Å². The standard InChI is InChI=1S/C18H25N3O3/c1-10(2)13-8-12(15-11(3)21-24-17(15)19-13)16(23)20-14-6-5-7-18(14,4)9-22/h8,10,14,22H,5-7,9H2,1-4H3,(H,20,23). The van der Waals surface area contributed by atoms with Crippen molar-refractivity contribution in [3.8, 4) is 0 Å². The van der Waals surface area contributed by atoms with Crippen molar-refractivity contribution < 1.29 is 14.4 Å². The molecule has 1 aliphatic carbocycles. The highest BCUT2D eigenvalue weighted by Gasteiger charge is 2.39. The quantitative estimate of drug-likeness (QED) is 0.899. The monoisotopic (exact) mass is 331 g/mol. The van der Waals surface area contributed by atoms with E-state index in [-0.39, 0.29) is 29.9 Å². The first-order chi connectivity index (χ1) is 11.4. The van der Waals surface area contributed by atoms with Crippen molar-refractivity contribution in [2.75, 3.05) is 6.61 Å². The normalized spacial score (nSPS) is 24.0. The number of hydrogen-bond donors (Lipinski definition) is 2. The third-order valence-electron chi connectivity index (χ3n) is 5.22. The number of carbonyl (C=O) groups is 1. The molecular formula is C18H25N3O3. The fraction of sp³-hybridized carbons (Fsp3) is 0.611. The molecular weight excluding hydrogens is 306 g/mol. The molecule has 1 fully saturated rings. The Hall–Kier alpha value is -1.95. The van der Waals surface area contributed by atoms with E-state index in [4.69, 9.17) is 4.52 Å². The molecule has 2 unspecified atom stereocenters. The second-order valence-electron chi connectivity index (χ2n) is 7.43. The van der Waals surface area contributed by atoms with Crippen molar-refractivity contribution in [1.29, 1.82) is 0 Å². The van der Waals surface area contributed by atoms with Gasteiger partial charge in [-0.3, -0.25) is 4.79 Å². The van der Waals surface area contributed by atoms with Gasteiger partial charge >= 0.3 is 0 Å². The Labute approximate surface area is 141 Å². The molecule has 3 rings (SSSR count). The number of aromatic nitrogens is 2. The van der Waals surface area contributed by atoms with Gasteiger partial charge in [-0.25, -0.2) is 4.98 Å². The van der Waals surface area contributed by atoms with Gasteiger partial charge in [-0.15, -0.1) is 0 Å². The molecule has 0 aliphatic heterocycles. The van der Waals surface area contributed by atoms with E-state index in [1.54, 1.807) is 0 Å². The highest BCUT2D eigenvalue weighted by atomic mass is 16.5. The van der Waals surface area contributed by atoms with Crippen LogP contribution in [-0.2, 0) is 0 Å². The van der Waals surface area contributed by atoms with Gasteiger partial charge in [0.2, 0.25) is 0 Å². The first-order valence-corrected chi connectivity index (χ1v) is 8.54. The molecule has 6 nitrogen and oxygen atoms in total. The van der Waals surface area contributed by atoms with Crippen LogP contribution in [0, 0.1) is 12.3 Å². The molecule has 6 heteroatoms. The Kier molecular flexibility index (Phi) is 4.34. The van der Waals surface area contributed by atoms with Gasteiger partial charge in [-0.2, -0.15) is 0 Å². The fourth-order valence-corrected chi connectivity index (χ4v) is 3.49. The lowest BCUT2D eigenvalue weighted by Gasteiger charge is -2.30. The van der Waals surface area contributed by atoms with Crippen molar-refractivity contribution in [1.82, 2.24) is 15.5 Å². The minimum atomic E-state index is -0.258. The summed E-state index contributed by atoms with van der Waals surface area (Å²) in [4.78, 5) is 17.4. The summed E-state index contributed by atoms with van der Waals surface area (Å²) in [5.74, 6) is 0.0303. The lowest BCUT2D eigenvalue weighted by molar-refractivity contribution is 0.0832. The Morgan fingerprint density at radius 1 is 1.54 bits per heavy atom. The molecule has 130 valence electrons. The number of rotatable bonds is 4. The predicted octanol–water partition coefficient (Wildman–Crippen LogP) is 2.94. The largest absolute Gasteiger partial charge is 0.396 e. The minimum Gasteiger partial charge on any atom is -0.396 e. The molecule has 2 aromatic rings. The molecule has 24 heavy (non-hydrogen) atoms. The number of pyridine rings is 1. The van der Waals surface area contributed by atoms with Crippen LogP contribution in [0.5, 0.6) is 0 Å². The number of amides is 1. The summed E-state index contributed by atoms with van der Waals surface area (Å²) < 4.78 is 5.28. The maximum atomic E-state index is 13.0. The van der Waals surface area contributed by atoms with Gasteiger partial charge in [0, 0.05) is 17.2 Å². The van der Waals surface area contributed by atoms with E-state index in [9.17, 15) is 9.90 Å². The van der Waals surface area contributed by atoms with Crippen molar-refractivity contribution in [2.45, 2.75) is 58.9 Å². The summed E-state index contributed by atoms with van der Waals surface area (Å²) in [6.07, 6.45) is 2.82. The van der Waals surface area contributed by atoms with Crippen LogP contribution in [-0.4, -0.2) is 33.8 Å². The number of hydrogen-bond acceptors (Lipinski definition) is 5. The van der Waals surface area contributed by atoms with Gasteiger partial charge in [-0.05, 0) is 31.7 Å². The summed E-state index contributed by atoms with van der Waals surface area (Å²) in [5.41, 5.74) is 2.16. The van der Waals surface area contributed by atoms with Crippen molar-refractivity contribution in [3.05, 3.63) is 23.0 Å². The van der Waals surface area contributed by atoms with E-state index < -0.39 is 0 Å². The summed E-state index contributed by atoms with van der Waals surface area (Å²) >= 11 is 0. The molecule has 1 amide bonds. The average molecular weight is 331 g/mol. The highest BCUT2D eigenvalue weighted by Crippen LogP contribution is 2.37. The van der Waals surface area contributed by atoms with Crippen molar-refractivity contribution in [3.63, 3.8) is 0 Å². The van der Waals surface area contributed by atoms with Crippen LogP contribution in [0.2, 0.25) is 0 Å². The Morgan fingerprint density at radius 3 is 2.96 bits per heavy atom. The van der Waals surface area contributed by atoms with Crippen LogP contribution in [0.4, 0.5) is 0 Å². The van der Waals surface area contributed by atoms with Crippen molar-refractivity contribution in [2.24, 2.45) is 5.41 Å². The third kappa shape index (κ3) is 2.79. The number of aliphatic hydroxyl groups excluding tert-OH is 1. The topological polar surface area (TPSA) is 88.2 Å². The summed E-state index contributed by atoms with van der Waals surface area (Å²) in [7, 11) is 0. The van der Waals surface area contributed by atoms with Gasteiger partial charge in [0.15, 0.2) is 0 Å². The second kappa shape index (κ2) is 6.16. The average Bonchev–Trinajstić information content (AvgIpc) is 3.11. The molecule has 0 bridgehead atoms. The molecule has 1 aliphatic rings. The van der Waals surface area contributed by atoms with Gasteiger partial charge in [0.1, 0.15) is 0 Å². The van der Waals surface area contributed by atoms with Crippen LogP contribution < -0.4 is 5.32 Å². The maximum Gasteiger partial charge on any atom is 0.259 e. The van der Waals surface area contributed by atoms with Crippen LogP contribution in [0.1, 0.15) is 67.7 Å². The summed E-state index contributed by atoms with van der Waals surface area (Å²) in [5, 5.41) is 17.4.